The Morgan fingerprint density at radius 3 is 1.29 bits per heavy atom. The highest BCUT2D eigenvalue weighted by atomic mass is 31.3. The van der Waals surface area contributed by atoms with Crippen molar-refractivity contribution in [1.29, 1.82) is 0 Å². The Morgan fingerprint density at radius 2 is 0.885 bits per heavy atom. The molecule has 0 aliphatic heterocycles. The molecule has 0 spiro atoms. The van der Waals surface area contributed by atoms with Crippen LogP contribution >= 0.6 is 15.6 Å². The number of rotatable bonds is 38. The van der Waals surface area contributed by atoms with Gasteiger partial charge in [0.05, 0.1) is 6.61 Å². The molecule has 0 bridgehead atoms. The first-order valence-electron chi connectivity index (χ1n) is 20.4. The topological polar surface area (TPSA) is 166 Å². The predicted molar refractivity (Wildman–Crippen MR) is 209 cm³/mol. The standard InChI is InChI=1S/C39H74O11P2/c1-3-5-7-9-11-13-15-17-19-21-23-25-27-29-31-33-38(40)47-35-37(36-48-52(45,46)50-51(42,43)44)49-39(41)34-32-30-28-26-24-22-20-18-16-14-12-10-8-6-4-2/h17-20,37H,3-16,21-36H2,1-2H3,(H,45,46)(H2,42,43,44)/b19-17-,20-18-/t37-/m1/s1. The molecule has 0 aromatic rings. The normalized spacial score (nSPS) is 13.9. The summed E-state index contributed by atoms with van der Waals surface area (Å²) in [5, 5.41) is 0. The molecule has 1 unspecified atom stereocenters. The van der Waals surface area contributed by atoms with E-state index in [1.807, 2.05) is 0 Å². The molecular weight excluding hydrogens is 706 g/mol. The predicted octanol–water partition coefficient (Wildman–Crippen LogP) is 11.7. The number of carbonyl (C=O) groups is 2. The molecule has 0 amide bonds. The summed E-state index contributed by atoms with van der Waals surface area (Å²) in [6.07, 6.45) is 37.5. The Kier molecular flexibility index (Phi) is 34.5. The first kappa shape index (κ1) is 50.7. The van der Waals surface area contributed by atoms with Gasteiger partial charge in [-0.25, -0.2) is 9.13 Å². The first-order chi connectivity index (χ1) is 25.0. The average molecular weight is 781 g/mol. The molecule has 0 radical (unpaired) electrons. The number of phosphoric acid groups is 2. The van der Waals surface area contributed by atoms with Crippen molar-refractivity contribution < 1.29 is 51.7 Å². The van der Waals surface area contributed by atoms with E-state index < -0.39 is 46.9 Å². The Morgan fingerprint density at radius 1 is 0.519 bits per heavy atom. The summed E-state index contributed by atoms with van der Waals surface area (Å²) in [6.45, 7) is 3.27. The summed E-state index contributed by atoms with van der Waals surface area (Å²) in [6, 6.07) is 0. The van der Waals surface area contributed by atoms with E-state index in [1.54, 1.807) is 0 Å². The van der Waals surface area contributed by atoms with Crippen LogP contribution in [0, 0.1) is 0 Å². The van der Waals surface area contributed by atoms with Crippen molar-refractivity contribution in [3.63, 3.8) is 0 Å². The van der Waals surface area contributed by atoms with Crippen LogP contribution in [0.4, 0.5) is 0 Å². The van der Waals surface area contributed by atoms with Crippen molar-refractivity contribution in [2.45, 2.75) is 200 Å². The van der Waals surface area contributed by atoms with Crippen LogP contribution < -0.4 is 0 Å². The van der Waals surface area contributed by atoms with Crippen molar-refractivity contribution in [2.24, 2.45) is 0 Å². The van der Waals surface area contributed by atoms with E-state index in [-0.39, 0.29) is 12.8 Å². The van der Waals surface area contributed by atoms with Gasteiger partial charge < -0.3 is 24.2 Å². The Labute approximate surface area is 315 Å². The minimum Gasteiger partial charge on any atom is -0.462 e. The van der Waals surface area contributed by atoms with Crippen molar-refractivity contribution in [2.75, 3.05) is 13.2 Å². The summed E-state index contributed by atoms with van der Waals surface area (Å²) in [5.74, 6) is -1.10. The number of ether oxygens (including phenoxy) is 2. The van der Waals surface area contributed by atoms with Crippen molar-refractivity contribution >= 4 is 27.6 Å². The molecule has 52 heavy (non-hydrogen) atoms. The molecule has 0 aliphatic carbocycles. The van der Waals surface area contributed by atoms with Crippen LogP contribution in [0.2, 0.25) is 0 Å². The monoisotopic (exact) mass is 780 g/mol. The molecule has 0 saturated heterocycles. The van der Waals surface area contributed by atoms with Gasteiger partial charge >= 0.3 is 27.6 Å². The highest BCUT2D eigenvalue weighted by Crippen LogP contribution is 2.57. The Balaban J connectivity index is 4.30. The minimum atomic E-state index is -5.32. The summed E-state index contributed by atoms with van der Waals surface area (Å²) < 4.78 is 41.9. The summed E-state index contributed by atoms with van der Waals surface area (Å²) in [4.78, 5) is 52.2. The average Bonchev–Trinajstić information content (AvgIpc) is 3.08. The van der Waals surface area contributed by atoms with Crippen LogP contribution in [-0.2, 0) is 37.0 Å². The molecule has 3 N–H and O–H groups in total. The van der Waals surface area contributed by atoms with E-state index in [1.165, 1.54) is 77.0 Å². The lowest BCUT2D eigenvalue weighted by Crippen LogP contribution is -2.29. The lowest BCUT2D eigenvalue weighted by Gasteiger charge is -2.20. The SMILES string of the molecule is CCCCCCCC/C=C\CCCCCCCC(=O)OC[C@H](COP(=O)(O)OP(=O)(O)O)OC(=O)CCCCCCC/C=C\CCCCCCCC. The third-order valence-electron chi connectivity index (χ3n) is 8.65. The highest BCUT2D eigenvalue weighted by molar-refractivity contribution is 7.60. The smallest absolute Gasteiger partial charge is 0.462 e. The molecule has 0 aromatic heterocycles. The lowest BCUT2D eigenvalue weighted by molar-refractivity contribution is -0.161. The third-order valence-corrected chi connectivity index (χ3v) is 10.8. The molecular formula is C39H74O11P2. The molecule has 0 saturated carbocycles. The summed E-state index contributed by atoms with van der Waals surface area (Å²) in [5.41, 5.74) is 0. The van der Waals surface area contributed by atoms with Crippen LogP contribution in [0.15, 0.2) is 24.3 Å². The number of hydrogen-bond acceptors (Lipinski definition) is 8. The molecule has 11 nitrogen and oxygen atoms in total. The highest BCUT2D eigenvalue weighted by Gasteiger charge is 2.34. The summed E-state index contributed by atoms with van der Waals surface area (Å²) >= 11 is 0. The van der Waals surface area contributed by atoms with Gasteiger partial charge in [-0.1, -0.05) is 141 Å². The van der Waals surface area contributed by atoms with Gasteiger partial charge in [0.1, 0.15) is 6.61 Å². The minimum absolute atomic E-state index is 0.104. The fourth-order valence-electron chi connectivity index (χ4n) is 5.63. The number of allylic oxidation sites excluding steroid dienone is 4. The van der Waals surface area contributed by atoms with Gasteiger partial charge in [0, 0.05) is 12.8 Å². The molecule has 306 valence electrons. The van der Waals surface area contributed by atoms with Crippen molar-refractivity contribution in [3.8, 4) is 0 Å². The number of carbonyl (C=O) groups excluding carboxylic acids is 2. The number of phosphoric ester groups is 1. The van der Waals surface area contributed by atoms with E-state index in [9.17, 15) is 23.6 Å². The molecule has 13 heteroatoms. The zero-order valence-electron chi connectivity index (χ0n) is 32.6. The third kappa shape index (κ3) is 38.4. The second-order valence-electron chi connectivity index (χ2n) is 13.8. The molecule has 0 fully saturated rings. The van der Waals surface area contributed by atoms with Crippen LogP contribution in [0.5, 0.6) is 0 Å². The maximum Gasteiger partial charge on any atom is 0.481 e. The summed E-state index contributed by atoms with van der Waals surface area (Å²) in [7, 11) is -10.5. The van der Waals surface area contributed by atoms with E-state index in [2.05, 4.69) is 47.0 Å². The van der Waals surface area contributed by atoms with E-state index in [0.717, 1.165) is 77.0 Å². The van der Waals surface area contributed by atoms with Gasteiger partial charge in [-0.2, -0.15) is 4.31 Å². The lowest BCUT2D eigenvalue weighted by atomic mass is 10.1. The van der Waals surface area contributed by atoms with Crippen molar-refractivity contribution in [1.82, 2.24) is 0 Å². The van der Waals surface area contributed by atoms with Gasteiger partial charge in [0.2, 0.25) is 0 Å². The molecule has 0 aromatic carbocycles. The first-order valence-corrected chi connectivity index (χ1v) is 23.4. The zero-order chi connectivity index (χ0) is 38.6. The molecule has 2 atom stereocenters. The second-order valence-corrected chi connectivity index (χ2v) is 16.6. The second kappa shape index (κ2) is 35.4. The number of esters is 2. The Bertz CT molecular complexity index is 1010. The van der Waals surface area contributed by atoms with Crippen molar-refractivity contribution in [3.05, 3.63) is 24.3 Å². The van der Waals surface area contributed by atoms with Crippen LogP contribution in [0.25, 0.3) is 0 Å². The fraction of sp³-hybridized carbons (Fsp3) is 0.846. The van der Waals surface area contributed by atoms with Gasteiger partial charge in [0.25, 0.3) is 0 Å². The quantitative estimate of drug-likeness (QED) is 0.0236. The van der Waals surface area contributed by atoms with Gasteiger partial charge in [0.15, 0.2) is 6.10 Å². The largest absolute Gasteiger partial charge is 0.481 e. The number of hydrogen-bond donors (Lipinski definition) is 3. The van der Waals surface area contributed by atoms with E-state index in [4.69, 9.17) is 19.3 Å². The van der Waals surface area contributed by atoms with E-state index >= 15 is 0 Å². The van der Waals surface area contributed by atoms with E-state index in [0.29, 0.717) is 12.8 Å². The molecule has 0 aliphatic rings. The fourth-order valence-corrected chi connectivity index (χ4v) is 7.25. The van der Waals surface area contributed by atoms with Gasteiger partial charge in [-0.05, 0) is 64.2 Å². The molecule has 0 heterocycles. The van der Waals surface area contributed by atoms with Gasteiger partial charge in [-0.15, -0.1) is 0 Å². The maximum absolute atomic E-state index is 12.5. The zero-order valence-corrected chi connectivity index (χ0v) is 34.4. The van der Waals surface area contributed by atoms with Crippen LogP contribution in [0.3, 0.4) is 0 Å². The molecule has 0 rings (SSSR count). The van der Waals surface area contributed by atoms with Gasteiger partial charge in [-0.3, -0.25) is 14.1 Å². The van der Waals surface area contributed by atoms with Crippen LogP contribution in [0.1, 0.15) is 194 Å². The Hall–Kier alpha value is -1.32. The number of unbranched alkanes of at least 4 members (excludes halogenated alkanes) is 22. The van der Waals surface area contributed by atoms with Crippen LogP contribution in [-0.4, -0.2) is 45.9 Å². The maximum atomic E-state index is 12.5.